The lowest BCUT2D eigenvalue weighted by atomic mass is 10.1. The molecule has 0 aromatic heterocycles. The van der Waals surface area contributed by atoms with Crippen LogP contribution in [0.25, 0.3) is 6.08 Å². The van der Waals surface area contributed by atoms with Crippen molar-refractivity contribution in [2.45, 2.75) is 30.9 Å². The zero-order chi connectivity index (χ0) is 30.9. The second-order valence-corrected chi connectivity index (χ2v) is 11.8. The van der Waals surface area contributed by atoms with Crippen LogP contribution in [-0.4, -0.2) is 37.1 Å². The Kier molecular flexibility index (Phi) is 10.4. The van der Waals surface area contributed by atoms with Crippen molar-refractivity contribution in [1.29, 1.82) is 0 Å². The number of hydrogen-bond donors (Lipinski definition) is 3. The molecule has 0 fully saturated rings. The topological polar surface area (TPSA) is 90.5 Å². The van der Waals surface area contributed by atoms with Gasteiger partial charge in [0, 0.05) is 41.6 Å². The normalized spacial score (nSPS) is 11.8. The lowest BCUT2D eigenvalue weighted by molar-refractivity contribution is -0.115. The van der Waals surface area contributed by atoms with Gasteiger partial charge in [-0.3, -0.25) is 14.4 Å². The molecule has 0 aliphatic rings. The van der Waals surface area contributed by atoms with Gasteiger partial charge in [-0.1, -0.05) is 36.4 Å². The molecular formula is C35H36N4O3S. The van der Waals surface area contributed by atoms with Crippen LogP contribution in [0.5, 0.6) is 0 Å². The molecule has 4 rings (SSSR count). The van der Waals surface area contributed by atoms with Gasteiger partial charge < -0.3 is 20.9 Å². The fourth-order valence-corrected chi connectivity index (χ4v) is 4.98. The van der Waals surface area contributed by atoms with Crippen molar-refractivity contribution in [2.24, 2.45) is 0 Å². The third kappa shape index (κ3) is 8.83. The molecule has 0 radical (unpaired) electrons. The first-order chi connectivity index (χ1) is 20.6. The maximum absolute atomic E-state index is 13.4. The Labute approximate surface area is 257 Å². The molecule has 3 N–H and O–H groups in total. The largest absolute Gasteiger partial charge is 0.378 e. The predicted molar refractivity (Wildman–Crippen MR) is 178 cm³/mol. The summed E-state index contributed by atoms with van der Waals surface area (Å²) in [6.07, 6.45) is 1.65. The number of nitrogens with zero attached hydrogens (tertiary/aromatic N) is 1. The van der Waals surface area contributed by atoms with E-state index in [4.69, 9.17) is 0 Å². The minimum atomic E-state index is -0.456. The molecule has 8 heteroatoms. The van der Waals surface area contributed by atoms with E-state index in [9.17, 15) is 14.4 Å². The fourth-order valence-electron chi connectivity index (χ4n) is 4.11. The summed E-state index contributed by atoms with van der Waals surface area (Å²) in [5.74, 6) is -0.928. The van der Waals surface area contributed by atoms with Crippen molar-refractivity contribution in [3.05, 3.63) is 125 Å². The van der Waals surface area contributed by atoms with Gasteiger partial charge in [0.05, 0.1) is 5.25 Å². The molecule has 0 heterocycles. The molecule has 0 spiro atoms. The highest BCUT2D eigenvalue weighted by Crippen LogP contribution is 2.26. The number of anilines is 3. The summed E-state index contributed by atoms with van der Waals surface area (Å²) < 4.78 is 0. The smallest absolute Gasteiger partial charge is 0.272 e. The molecule has 3 amide bonds. The quantitative estimate of drug-likeness (QED) is 0.138. The zero-order valence-electron chi connectivity index (χ0n) is 25.0. The van der Waals surface area contributed by atoms with Crippen LogP contribution in [0.4, 0.5) is 17.1 Å². The number of thioether (sulfide) groups is 1. The maximum atomic E-state index is 13.4. The van der Waals surface area contributed by atoms with Crippen molar-refractivity contribution in [2.75, 3.05) is 29.6 Å². The number of amides is 3. The number of aryl methyl sites for hydroxylation is 2. The van der Waals surface area contributed by atoms with Gasteiger partial charge in [0.25, 0.3) is 11.8 Å². The van der Waals surface area contributed by atoms with Gasteiger partial charge in [-0.15, -0.1) is 11.8 Å². The van der Waals surface area contributed by atoms with Crippen LogP contribution in [0.15, 0.2) is 108 Å². The SMILES string of the molecule is Cc1ccc(NC(=O)C(C)Sc2ccc(NC(=O)/C(=C/c3ccc(N(C)C)cc3)NC(=O)c3ccccc3)cc2)cc1C. The molecule has 4 aromatic rings. The Balaban J connectivity index is 1.44. The predicted octanol–water partition coefficient (Wildman–Crippen LogP) is 6.90. The summed E-state index contributed by atoms with van der Waals surface area (Å²) in [5.41, 5.74) is 5.97. The molecule has 0 saturated heterocycles. The average Bonchev–Trinajstić information content (AvgIpc) is 3.00. The van der Waals surface area contributed by atoms with Crippen molar-refractivity contribution in [3.63, 3.8) is 0 Å². The van der Waals surface area contributed by atoms with E-state index in [0.717, 1.165) is 27.4 Å². The molecule has 220 valence electrons. The first-order valence-corrected chi connectivity index (χ1v) is 14.8. The van der Waals surface area contributed by atoms with E-state index >= 15 is 0 Å². The Morgan fingerprint density at radius 3 is 2.05 bits per heavy atom. The van der Waals surface area contributed by atoms with Crippen molar-refractivity contribution < 1.29 is 14.4 Å². The lowest BCUT2D eigenvalue weighted by Gasteiger charge is -2.14. The van der Waals surface area contributed by atoms with E-state index in [1.165, 1.54) is 17.3 Å². The average molecular weight is 593 g/mol. The molecule has 43 heavy (non-hydrogen) atoms. The van der Waals surface area contributed by atoms with Gasteiger partial charge in [-0.25, -0.2) is 0 Å². The summed E-state index contributed by atoms with van der Waals surface area (Å²) in [4.78, 5) is 41.9. The minimum absolute atomic E-state index is 0.0896. The van der Waals surface area contributed by atoms with Gasteiger partial charge in [0.15, 0.2) is 0 Å². The fraction of sp³-hybridized carbons (Fsp3) is 0.171. The molecule has 1 unspecified atom stereocenters. The molecule has 0 saturated carbocycles. The first kappa shape index (κ1) is 31.1. The highest BCUT2D eigenvalue weighted by Gasteiger charge is 2.17. The van der Waals surface area contributed by atoms with Gasteiger partial charge >= 0.3 is 0 Å². The van der Waals surface area contributed by atoms with Crippen LogP contribution < -0.4 is 20.9 Å². The standard InChI is InChI=1S/C35H36N4O3S/c1-23-11-14-29(21-24(23)2)37-33(40)25(3)43-31-19-15-28(16-20-31)36-35(42)32(38-34(41)27-9-7-6-8-10-27)22-26-12-17-30(18-13-26)39(4)5/h6-22,25H,1-5H3,(H,36,42)(H,37,40)(H,38,41)/b32-22-. The van der Waals surface area contributed by atoms with Crippen molar-refractivity contribution in [3.8, 4) is 0 Å². The van der Waals surface area contributed by atoms with Gasteiger partial charge in [0.1, 0.15) is 5.70 Å². The Morgan fingerprint density at radius 1 is 0.767 bits per heavy atom. The van der Waals surface area contributed by atoms with E-state index in [0.29, 0.717) is 11.3 Å². The second-order valence-electron chi connectivity index (χ2n) is 10.4. The van der Waals surface area contributed by atoms with Crippen LogP contribution in [0.3, 0.4) is 0 Å². The van der Waals surface area contributed by atoms with E-state index in [2.05, 4.69) is 16.0 Å². The number of rotatable bonds is 10. The van der Waals surface area contributed by atoms with Gasteiger partial charge in [-0.2, -0.15) is 0 Å². The van der Waals surface area contributed by atoms with Crippen LogP contribution >= 0.6 is 11.8 Å². The Hall–Kier alpha value is -4.82. The number of hydrogen-bond acceptors (Lipinski definition) is 5. The van der Waals surface area contributed by atoms with Crippen LogP contribution in [0.2, 0.25) is 0 Å². The maximum Gasteiger partial charge on any atom is 0.272 e. The number of benzene rings is 4. The third-order valence-electron chi connectivity index (χ3n) is 6.82. The monoisotopic (exact) mass is 592 g/mol. The molecule has 0 aliphatic carbocycles. The second kappa shape index (κ2) is 14.4. The summed E-state index contributed by atoms with van der Waals surface area (Å²) >= 11 is 1.43. The summed E-state index contributed by atoms with van der Waals surface area (Å²) in [6.45, 7) is 5.91. The van der Waals surface area contributed by atoms with Crippen LogP contribution in [-0.2, 0) is 9.59 Å². The number of carbonyl (C=O) groups excluding carboxylic acids is 3. The Bertz CT molecular complexity index is 1620. The molecule has 0 aliphatic heterocycles. The highest BCUT2D eigenvalue weighted by molar-refractivity contribution is 8.00. The third-order valence-corrected chi connectivity index (χ3v) is 7.93. The molecule has 7 nitrogen and oxygen atoms in total. The highest BCUT2D eigenvalue weighted by atomic mass is 32.2. The summed E-state index contributed by atoms with van der Waals surface area (Å²) in [6, 6.07) is 29.5. The van der Waals surface area contributed by atoms with Crippen molar-refractivity contribution in [1.82, 2.24) is 5.32 Å². The Morgan fingerprint density at radius 2 is 1.42 bits per heavy atom. The molecular weight excluding hydrogens is 556 g/mol. The van der Waals surface area contributed by atoms with Crippen molar-refractivity contribution >= 4 is 52.6 Å². The van der Waals surface area contributed by atoms with Gasteiger partial charge in [-0.05, 0) is 104 Å². The van der Waals surface area contributed by atoms with E-state index in [-0.39, 0.29) is 22.8 Å². The molecule has 0 bridgehead atoms. The number of carbonyl (C=O) groups is 3. The summed E-state index contributed by atoms with van der Waals surface area (Å²) in [5, 5.41) is 8.29. The van der Waals surface area contributed by atoms with Crippen LogP contribution in [0.1, 0.15) is 34.0 Å². The zero-order valence-corrected chi connectivity index (χ0v) is 25.8. The number of nitrogens with one attached hydrogen (secondary N) is 3. The molecule has 4 aromatic carbocycles. The lowest BCUT2D eigenvalue weighted by Crippen LogP contribution is -2.30. The summed E-state index contributed by atoms with van der Waals surface area (Å²) in [7, 11) is 3.91. The minimum Gasteiger partial charge on any atom is -0.378 e. The van der Waals surface area contributed by atoms with Crippen LogP contribution in [0, 0.1) is 13.8 Å². The van der Waals surface area contributed by atoms with Gasteiger partial charge in [0.2, 0.25) is 5.91 Å². The van der Waals surface area contributed by atoms with E-state index < -0.39 is 5.91 Å². The molecule has 1 atom stereocenters. The van der Waals surface area contributed by atoms with E-state index in [1.54, 1.807) is 42.5 Å². The first-order valence-electron chi connectivity index (χ1n) is 13.9. The van der Waals surface area contributed by atoms with E-state index in [1.807, 2.05) is 100 Å².